The summed E-state index contributed by atoms with van der Waals surface area (Å²) in [6.45, 7) is 0.188. The molecule has 0 spiro atoms. The molecule has 0 radical (unpaired) electrons. The van der Waals surface area contributed by atoms with Crippen LogP contribution in [-0.2, 0) is 6.42 Å². The van der Waals surface area contributed by atoms with E-state index in [1.165, 1.54) is 0 Å². The highest BCUT2D eigenvalue weighted by molar-refractivity contribution is 7.14. The van der Waals surface area contributed by atoms with E-state index in [0.717, 1.165) is 10.0 Å². The molecule has 13 heavy (non-hydrogen) atoms. The van der Waals surface area contributed by atoms with Gasteiger partial charge in [-0.3, -0.25) is 0 Å². The molecule has 0 atom stereocenters. The molecule has 1 N–H and O–H groups in total. The summed E-state index contributed by atoms with van der Waals surface area (Å²) in [7, 11) is 0. The monoisotopic (exact) mass is 194 g/mol. The summed E-state index contributed by atoms with van der Waals surface area (Å²) in [4.78, 5) is 5.36. The molecule has 2 aromatic rings. The fourth-order valence-electron chi connectivity index (χ4n) is 1.10. The Morgan fingerprint density at radius 2 is 2.15 bits per heavy atom. The largest absolute Gasteiger partial charge is 0.396 e. The number of nitrogens with zero attached hydrogens (tertiary/aromatic N) is 2. The third-order valence-corrected chi connectivity index (χ3v) is 2.80. The highest BCUT2D eigenvalue weighted by Crippen LogP contribution is 2.17. The van der Waals surface area contributed by atoms with Gasteiger partial charge in [-0.25, -0.2) is 4.98 Å². The number of aromatic nitrogens is 2. The fraction of sp³-hybridized carbons (Fsp3) is 0.222. The first-order chi connectivity index (χ1) is 6.40. The maximum Gasteiger partial charge on any atom is 0.193 e. The molecular formula is C9H10N2OS. The van der Waals surface area contributed by atoms with E-state index in [-0.39, 0.29) is 6.61 Å². The first-order valence-electron chi connectivity index (χ1n) is 4.09. The first kappa shape index (κ1) is 8.47. The van der Waals surface area contributed by atoms with Gasteiger partial charge >= 0.3 is 0 Å². The smallest absolute Gasteiger partial charge is 0.193 e. The highest BCUT2D eigenvalue weighted by Gasteiger charge is 2.01. The van der Waals surface area contributed by atoms with Crippen LogP contribution in [0.2, 0.25) is 0 Å². The lowest BCUT2D eigenvalue weighted by Crippen LogP contribution is -1.85. The minimum Gasteiger partial charge on any atom is -0.396 e. The van der Waals surface area contributed by atoms with E-state index in [0.29, 0.717) is 6.42 Å². The van der Waals surface area contributed by atoms with Crippen LogP contribution in [0.5, 0.6) is 0 Å². The molecule has 0 aliphatic carbocycles. The van der Waals surface area contributed by atoms with Crippen molar-refractivity contribution in [3.05, 3.63) is 35.6 Å². The van der Waals surface area contributed by atoms with Crippen LogP contribution in [0.25, 0.3) is 5.13 Å². The zero-order chi connectivity index (χ0) is 9.10. The van der Waals surface area contributed by atoms with Crippen LogP contribution in [0.4, 0.5) is 0 Å². The van der Waals surface area contributed by atoms with Gasteiger partial charge in [0.1, 0.15) is 0 Å². The van der Waals surface area contributed by atoms with E-state index in [9.17, 15) is 0 Å². The number of thiazole rings is 1. The number of rotatable bonds is 3. The van der Waals surface area contributed by atoms with E-state index in [1.807, 2.05) is 35.3 Å². The fourth-order valence-corrected chi connectivity index (χ4v) is 1.97. The van der Waals surface area contributed by atoms with Gasteiger partial charge in [-0.05, 0) is 12.1 Å². The van der Waals surface area contributed by atoms with Gasteiger partial charge in [0, 0.05) is 36.5 Å². The van der Waals surface area contributed by atoms with Gasteiger partial charge in [0.05, 0.1) is 0 Å². The summed E-state index contributed by atoms with van der Waals surface area (Å²) in [6, 6.07) is 3.93. The van der Waals surface area contributed by atoms with Crippen LogP contribution >= 0.6 is 11.3 Å². The quantitative estimate of drug-likeness (QED) is 0.803. The van der Waals surface area contributed by atoms with Crippen LogP contribution in [0, 0.1) is 0 Å². The Morgan fingerprint density at radius 1 is 1.38 bits per heavy atom. The van der Waals surface area contributed by atoms with Crippen molar-refractivity contribution in [3.63, 3.8) is 0 Å². The maximum absolute atomic E-state index is 8.73. The Balaban J connectivity index is 2.23. The van der Waals surface area contributed by atoms with Gasteiger partial charge in [0.25, 0.3) is 0 Å². The molecule has 0 aliphatic heterocycles. The minimum atomic E-state index is 0.188. The molecule has 2 heterocycles. The molecule has 3 nitrogen and oxygen atoms in total. The number of hydrogen-bond donors (Lipinski definition) is 1. The van der Waals surface area contributed by atoms with E-state index in [1.54, 1.807) is 11.3 Å². The van der Waals surface area contributed by atoms with Crippen molar-refractivity contribution >= 4 is 11.3 Å². The van der Waals surface area contributed by atoms with Crippen LogP contribution in [0.15, 0.2) is 30.7 Å². The third-order valence-electron chi connectivity index (χ3n) is 1.72. The minimum absolute atomic E-state index is 0.188. The predicted octanol–water partition coefficient (Wildman–Crippen LogP) is 1.47. The van der Waals surface area contributed by atoms with E-state index in [4.69, 9.17) is 5.11 Å². The number of aliphatic hydroxyl groups excluding tert-OH is 1. The summed E-state index contributed by atoms with van der Waals surface area (Å²) in [5, 5.41) is 9.68. The first-order valence-corrected chi connectivity index (χ1v) is 4.91. The second-order valence-electron chi connectivity index (χ2n) is 2.67. The molecule has 2 rings (SSSR count). The Hall–Kier alpha value is -1.13. The lowest BCUT2D eigenvalue weighted by atomic mass is 10.4. The van der Waals surface area contributed by atoms with Crippen molar-refractivity contribution in [2.75, 3.05) is 6.61 Å². The normalized spacial score (nSPS) is 10.5. The molecule has 4 heteroatoms. The molecule has 68 valence electrons. The average molecular weight is 194 g/mol. The number of aliphatic hydroxyl groups is 1. The molecule has 0 aliphatic rings. The second-order valence-corrected chi connectivity index (χ2v) is 3.77. The number of hydrogen-bond acceptors (Lipinski definition) is 3. The summed E-state index contributed by atoms with van der Waals surface area (Å²) in [5.74, 6) is 0. The molecule has 0 saturated heterocycles. The molecule has 0 fully saturated rings. The Kier molecular flexibility index (Phi) is 2.42. The van der Waals surface area contributed by atoms with Crippen LogP contribution < -0.4 is 0 Å². The lowest BCUT2D eigenvalue weighted by molar-refractivity contribution is 0.300. The van der Waals surface area contributed by atoms with Gasteiger partial charge in [-0.15, -0.1) is 11.3 Å². The van der Waals surface area contributed by atoms with Crippen molar-refractivity contribution in [3.8, 4) is 5.13 Å². The zero-order valence-electron chi connectivity index (χ0n) is 7.05. The summed E-state index contributed by atoms with van der Waals surface area (Å²) >= 11 is 1.61. The topological polar surface area (TPSA) is 38.1 Å². The molecule has 0 aromatic carbocycles. The van der Waals surface area contributed by atoms with Crippen molar-refractivity contribution in [1.82, 2.24) is 9.55 Å². The summed E-state index contributed by atoms with van der Waals surface area (Å²) < 4.78 is 1.96. The van der Waals surface area contributed by atoms with Gasteiger partial charge in [-0.1, -0.05) is 0 Å². The van der Waals surface area contributed by atoms with Crippen LogP contribution in [-0.4, -0.2) is 21.3 Å². The molecule has 0 amide bonds. The predicted molar refractivity (Wildman–Crippen MR) is 52.2 cm³/mol. The second kappa shape index (κ2) is 3.72. The third kappa shape index (κ3) is 1.79. The lowest BCUT2D eigenvalue weighted by Gasteiger charge is -1.93. The summed E-state index contributed by atoms with van der Waals surface area (Å²) in [5.41, 5.74) is 0. The Bertz CT molecular complexity index is 367. The van der Waals surface area contributed by atoms with Gasteiger partial charge in [-0.2, -0.15) is 0 Å². The van der Waals surface area contributed by atoms with E-state index in [2.05, 4.69) is 4.98 Å². The Morgan fingerprint density at radius 3 is 2.85 bits per heavy atom. The molecule has 0 saturated carbocycles. The van der Waals surface area contributed by atoms with Crippen molar-refractivity contribution in [2.45, 2.75) is 6.42 Å². The van der Waals surface area contributed by atoms with Crippen molar-refractivity contribution < 1.29 is 5.11 Å². The standard InChI is InChI=1S/C9H10N2OS/c12-6-3-8-7-10-9(13-8)11-4-1-2-5-11/h1-2,4-5,7,12H,3,6H2. The molecular weight excluding hydrogens is 184 g/mol. The maximum atomic E-state index is 8.73. The van der Waals surface area contributed by atoms with Crippen LogP contribution in [0.1, 0.15) is 4.88 Å². The van der Waals surface area contributed by atoms with Gasteiger partial charge < -0.3 is 9.67 Å². The van der Waals surface area contributed by atoms with Gasteiger partial charge in [0.2, 0.25) is 0 Å². The molecule has 0 bridgehead atoms. The molecule has 2 aromatic heterocycles. The summed E-state index contributed by atoms with van der Waals surface area (Å²) in [6.07, 6.45) is 6.43. The van der Waals surface area contributed by atoms with E-state index < -0.39 is 0 Å². The Labute approximate surface area is 80.3 Å². The van der Waals surface area contributed by atoms with Crippen molar-refractivity contribution in [2.24, 2.45) is 0 Å². The van der Waals surface area contributed by atoms with Gasteiger partial charge in [0.15, 0.2) is 5.13 Å². The zero-order valence-corrected chi connectivity index (χ0v) is 7.87. The van der Waals surface area contributed by atoms with E-state index >= 15 is 0 Å². The SMILES string of the molecule is OCCc1cnc(-n2cccc2)s1. The van der Waals surface area contributed by atoms with Crippen molar-refractivity contribution in [1.29, 1.82) is 0 Å². The highest BCUT2D eigenvalue weighted by atomic mass is 32.1. The van der Waals surface area contributed by atoms with Crippen LogP contribution in [0.3, 0.4) is 0 Å². The molecule has 0 unspecified atom stereocenters. The average Bonchev–Trinajstić information content (AvgIpc) is 2.70.